The third-order valence-electron chi connectivity index (χ3n) is 1.96. The second-order valence-corrected chi connectivity index (χ2v) is 3.02. The zero-order valence-corrected chi connectivity index (χ0v) is 8.51. The maximum Gasteiger partial charge on any atom is 0.414 e. The molecule has 0 aliphatic heterocycles. The number of rotatable bonds is 1. The van der Waals surface area contributed by atoms with Crippen molar-refractivity contribution in [1.82, 2.24) is 14.7 Å². The molecule has 0 unspecified atom stereocenters. The van der Waals surface area contributed by atoms with Crippen LogP contribution in [0.2, 0.25) is 0 Å². The number of hydrogen-bond acceptors (Lipinski definition) is 4. The Morgan fingerprint density at radius 1 is 1.44 bits per heavy atom. The summed E-state index contributed by atoms with van der Waals surface area (Å²) in [4.78, 5) is 26.3. The van der Waals surface area contributed by atoms with Crippen molar-refractivity contribution in [2.24, 2.45) is 0 Å². The molecule has 2 aromatic heterocycles. The van der Waals surface area contributed by atoms with E-state index in [4.69, 9.17) is 0 Å². The first-order valence-corrected chi connectivity index (χ1v) is 4.58. The van der Waals surface area contributed by atoms with E-state index in [-0.39, 0.29) is 5.69 Å². The molecule has 6 heteroatoms. The molecule has 1 amide bonds. The van der Waals surface area contributed by atoms with E-state index in [0.717, 1.165) is 0 Å². The van der Waals surface area contributed by atoms with E-state index in [1.165, 1.54) is 13.2 Å². The minimum absolute atomic E-state index is 0.0924. The van der Waals surface area contributed by atoms with Crippen LogP contribution < -0.4 is 5.32 Å². The molecule has 1 N–H and O–H groups in total. The lowest BCUT2D eigenvalue weighted by Gasteiger charge is -1.97. The first-order chi connectivity index (χ1) is 7.70. The fraction of sp³-hybridized carbons (Fsp3) is 0.100. The number of imidazole rings is 1. The zero-order valence-electron chi connectivity index (χ0n) is 8.51. The van der Waals surface area contributed by atoms with E-state index in [1.807, 2.05) is 6.07 Å². The van der Waals surface area contributed by atoms with Gasteiger partial charge in [0.1, 0.15) is 5.65 Å². The highest BCUT2D eigenvalue weighted by atomic mass is 16.6. The number of pyridine rings is 1. The van der Waals surface area contributed by atoms with E-state index >= 15 is 0 Å². The van der Waals surface area contributed by atoms with Gasteiger partial charge in [0, 0.05) is 19.4 Å². The molecule has 0 fully saturated rings. The Balaban J connectivity index is 2.26. The van der Waals surface area contributed by atoms with Crippen molar-refractivity contribution in [1.29, 1.82) is 0 Å². The molecule has 82 valence electrons. The van der Waals surface area contributed by atoms with Crippen molar-refractivity contribution in [2.75, 3.05) is 7.05 Å². The maximum atomic E-state index is 11.4. The van der Waals surface area contributed by atoms with Gasteiger partial charge in [-0.3, -0.25) is 0 Å². The van der Waals surface area contributed by atoms with Gasteiger partial charge in [-0.25, -0.2) is 14.6 Å². The number of ether oxygens (including phenoxy) is 1. The number of hydrogen-bond donors (Lipinski definition) is 1. The SMILES string of the molecule is CNC(=O)OC(=O)c1cn2ccccc2n1. The number of aromatic nitrogens is 2. The molecule has 0 radical (unpaired) electrons. The molecular weight excluding hydrogens is 210 g/mol. The topological polar surface area (TPSA) is 72.7 Å². The predicted octanol–water partition coefficient (Wildman–Crippen LogP) is 0.831. The van der Waals surface area contributed by atoms with Crippen LogP contribution in [0.25, 0.3) is 5.65 Å². The van der Waals surface area contributed by atoms with Crippen LogP contribution in [0.4, 0.5) is 4.79 Å². The zero-order chi connectivity index (χ0) is 11.5. The number of esters is 1. The average molecular weight is 219 g/mol. The van der Waals surface area contributed by atoms with Crippen LogP contribution in [0, 0.1) is 0 Å². The Hall–Kier alpha value is -2.37. The largest absolute Gasteiger partial charge is 0.414 e. The molecule has 16 heavy (non-hydrogen) atoms. The van der Waals surface area contributed by atoms with E-state index in [1.54, 1.807) is 22.7 Å². The predicted molar refractivity (Wildman–Crippen MR) is 55.1 cm³/mol. The lowest BCUT2D eigenvalue weighted by Crippen LogP contribution is -2.23. The highest BCUT2D eigenvalue weighted by Gasteiger charge is 2.15. The Labute approximate surface area is 90.9 Å². The van der Waals surface area contributed by atoms with E-state index in [2.05, 4.69) is 15.0 Å². The first kappa shape index (κ1) is 10.2. The molecule has 0 aromatic carbocycles. The Bertz CT molecular complexity index is 514. The highest BCUT2D eigenvalue weighted by molar-refractivity contribution is 5.95. The van der Waals surface area contributed by atoms with Crippen molar-refractivity contribution in [3.8, 4) is 0 Å². The summed E-state index contributed by atoms with van der Waals surface area (Å²) in [6.07, 6.45) is 2.45. The second kappa shape index (κ2) is 4.01. The van der Waals surface area contributed by atoms with Gasteiger partial charge in [0.25, 0.3) is 0 Å². The Morgan fingerprint density at radius 2 is 2.25 bits per heavy atom. The molecule has 0 aliphatic carbocycles. The van der Waals surface area contributed by atoms with Crippen molar-refractivity contribution in [3.63, 3.8) is 0 Å². The molecular formula is C10H9N3O3. The van der Waals surface area contributed by atoms with E-state index in [0.29, 0.717) is 5.65 Å². The minimum Gasteiger partial charge on any atom is -0.371 e. The molecule has 6 nitrogen and oxygen atoms in total. The lowest BCUT2D eigenvalue weighted by atomic mass is 10.5. The standard InChI is InChI=1S/C10H9N3O3/c1-11-10(15)16-9(14)7-6-13-5-3-2-4-8(13)12-7/h2-6H,1H3,(H,11,15). The Kier molecular flexibility index (Phi) is 2.55. The monoisotopic (exact) mass is 219 g/mol. The quantitative estimate of drug-likeness (QED) is 0.569. The van der Waals surface area contributed by atoms with Crippen molar-refractivity contribution in [2.45, 2.75) is 0 Å². The second-order valence-electron chi connectivity index (χ2n) is 3.02. The van der Waals surface area contributed by atoms with Gasteiger partial charge in [0.15, 0.2) is 5.69 Å². The summed E-state index contributed by atoms with van der Waals surface area (Å²) < 4.78 is 6.12. The summed E-state index contributed by atoms with van der Waals surface area (Å²) in [5.74, 6) is -0.775. The third-order valence-corrected chi connectivity index (χ3v) is 1.96. The van der Waals surface area contributed by atoms with Gasteiger partial charge in [0.2, 0.25) is 0 Å². The van der Waals surface area contributed by atoms with E-state index < -0.39 is 12.1 Å². The maximum absolute atomic E-state index is 11.4. The molecule has 0 saturated heterocycles. The van der Waals surface area contributed by atoms with Gasteiger partial charge in [0.05, 0.1) is 0 Å². The van der Waals surface area contributed by atoms with Crippen molar-refractivity contribution >= 4 is 17.7 Å². The lowest BCUT2D eigenvalue weighted by molar-refractivity contribution is 0.0620. The molecule has 0 atom stereocenters. The normalized spacial score (nSPS) is 10.1. The van der Waals surface area contributed by atoms with Gasteiger partial charge in [-0.15, -0.1) is 0 Å². The number of nitrogens with zero attached hydrogens (tertiary/aromatic N) is 2. The highest BCUT2D eigenvalue weighted by Crippen LogP contribution is 2.05. The molecule has 0 saturated carbocycles. The van der Waals surface area contributed by atoms with Crippen LogP contribution >= 0.6 is 0 Å². The summed E-state index contributed by atoms with van der Waals surface area (Å²) in [6, 6.07) is 5.36. The van der Waals surface area contributed by atoms with Gasteiger partial charge >= 0.3 is 12.1 Å². The molecule has 0 aliphatic rings. The van der Waals surface area contributed by atoms with Gasteiger partial charge in [-0.05, 0) is 12.1 Å². The van der Waals surface area contributed by atoms with Crippen LogP contribution in [0.3, 0.4) is 0 Å². The summed E-state index contributed by atoms with van der Waals surface area (Å²) in [5, 5.41) is 2.18. The number of nitrogens with one attached hydrogen (secondary N) is 1. The fourth-order valence-electron chi connectivity index (χ4n) is 1.22. The number of alkyl carbamates (subject to hydrolysis) is 1. The van der Waals surface area contributed by atoms with Crippen LogP contribution in [0.15, 0.2) is 30.6 Å². The summed E-state index contributed by atoms with van der Waals surface area (Å²) in [7, 11) is 1.37. The van der Waals surface area contributed by atoms with Crippen molar-refractivity contribution in [3.05, 3.63) is 36.3 Å². The summed E-state index contributed by atoms with van der Waals surface area (Å²) in [6.45, 7) is 0. The fourth-order valence-corrected chi connectivity index (χ4v) is 1.22. The van der Waals surface area contributed by atoms with Gasteiger partial charge < -0.3 is 14.5 Å². The molecule has 0 spiro atoms. The van der Waals surface area contributed by atoms with Crippen LogP contribution in [-0.2, 0) is 4.74 Å². The smallest absolute Gasteiger partial charge is 0.371 e. The van der Waals surface area contributed by atoms with E-state index in [9.17, 15) is 9.59 Å². The summed E-state index contributed by atoms with van der Waals surface area (Å²) in [5.41, 5.74) is 0.709. The molecule has 2 aromatic rings. The Morgan fingerprint density at radius 3 is 2.94 bits per heavy atom. The third kappa shape index (κ3) is 1.85. The van der Waals surface area contributed by atoms with Gasteiger partial charge in [-0.2, -0.15) is 0 Å². The number of fused-ring (bicyclic) bond motifs is 1. The molecule has 0 bridgehead atoms. The first-order valence-electron chi connectivity index (χ1n) is 4.58. The van der Waals surface area contributed by atoms with Crippen LogP contribution in [0.1, 0.15) is 10.5 Å². The number of amides is 1. The van der Waals surface area contributed by atoms with Crippen molar-refractivity contribution < 1.29 is 14.3 Å². The summed E-state index contributed by atoms with van der Waals surface area (Å²) >= 11 is 0. The average Bonchev–Trinajstić information content (AvgIpc) is 2.72. The molecule has 2 rings (SSSR count). The minimum atomic E-state index is -0.804. The molecule has 2 heterocycles. The number of carbonyl (C=O) groups is 2. The van der Waals surface area contributed by atoms with Crippen LogP contribution in [0.5, 0.6) is 0 Å². The van der Waals surface area contributed by atoms with Gasteiger partial charge in [-0.1, -0.05) is 6.07 Å². The number of carbonyl (C=O) groups excluding carboxylic acids is 2. The van der Waals surface area contributed by atoms with Crippen LogP contribution in [-0.4, -0.2) is 28.5 Å².